The maximum Gasteiger partial charge on any atom is 0.222 e. The van der Waals surface area contributed by atoms with Crippen LogP contribution >= 0.6 is 0 Å². The molecule has 0 bridgehead atoms. The molecule has 0 aliphatic carbocycles. The van der Waals surface area contributed by atoms with E-state index in [9.17, 15) is 4.79 Å². The Bertz CT molecular complexity index is 738. The van der Waals surface area contributed by atoms with Gasteiger partial charge in [0.05, 0.1) is 12.2 Å². The fourth-order valence-electron chi connectivity index (χ4n) is 3.10. The van der Waals surface area contributed by atoms with Gasteiger partial charge in [0.1, 0.15) is 0 Å². The second-order valence-corrected chi connectivity index (χ2v) is 6.58. The quantitative estimate of drug-likeness (QED) is 0.424. The monoisotopic (exact) mass is 368 g/mol. The van der Waals surface area contributed by atoms with Gasteiger partial charge in [-0.05, 0) is 43.5 Å². The lowest BCUT2D eigenvalue weighted by atomic mass is 10.2. The molecular weight excluding hydrogens is 340 g/mol. The predicted molar refractivity (Wildman–Crippen MR) is 107 cm³/mol. The summed E-state index contributed by atoms with van der Waals surface area (Å²) in [5.74, 6) is 1.09. The number of hydrogen-bond acceptors (Lipinski definition) is 3. The number of aromatic nitrogens is 2. The molecule has 0 unspecified atom stereocenters. The second kappa shape index (κ2) is 9.75. The standard InChI is InChI=1S/C20H28N6O/c1-2-21-20(22-11-4-14-25-13-3-6-19(25)27)23-16-17-7-9-18(10-8-17)26-15-5-12-24-26/h5,7-10,12,15H,2-4,6,11,13-14,16H2,1H3,(H2,21,22,23). The Labute approximate surface area is 160 Å². The van der Waals surface area contributed by atoms with E-state index in [4.69, 9.17) is 0 Å². The van der Waals surface area contributed by atoms with Crippen molar-refractivity contribution < 1.29 is 4.79 Å². The molecule has 2 N–H and O–H groups in total. The number of rotatable bonds is 8. The van der Waals surface area contributed by atoms with Gasteiger partial charge in [0, 0.05) is 45.0 Å². The third-order valence-corrected chi connectivity index (χ3v) is 4.54. The van der Waals surface area contributed by atoms with Crippen molar-refractivity contribution in [3.05, 3.63) is 48.3 Å². The van der Waals surface area contributed by atoms with Crippen LogP contribution in [0.1, 0.15) is 31.7 Å². The van der Waals surface area contributed by atoms with Gasteiger partial charge in [-0.15, -0.1) is 0 Å². The summed E-state index contributed by atoms with van der Waals surface area (Å²) in [5.41, 5.74) is 2.18. The summed E-state index contributed by atoms with van der Waals surface area (Å²) in [6.07, 6.45) is 6.32. The van der Waals surface area contributed by atoms with Crippen LogP contribution in [0.4, 0.5) is 0 Å². The van der Waals surface area contributed by atoms with Crippen molar-refractivity contribution in [3.63, 3.8) is 0 Å². The van der Waals surface area contributed by atoms with Gasteiger partial charge in [-0.1, -0.05) is 12.1 Å². The number of benzene rings is 1. The van der Waals surface area contributed by atoms with E-state index < -0.39 is 0 Å². The summed E-state index contributed by atoms with van der Waals surface area (Å²) in [4.78, 5) is 18.2. The Morgan fingerprint density at radius 1 is 1.26 bits per heavy atom. The Hall–Kier alpha value is -2.83. The molecule has 2 aromatic rings. The molecule has 7 nitrogen and oxygen atoms in total. The molecular formula is C20H28N6O. The van der Waals surface area contributed by atoms with Gasteiger partial charge < -0.3 is 15.5 Å². The summed E-state index contributed by atoms with van der Waals surface area (Å²) in [7, 11) is 0. The zero-order chi connectivity index (χ0) is 18.9. The van der Waals surface area contributed by atoms with E-state index in [0.717, 1.165) is 56.2 Å². The normalized spacial score (nSPS) is 14.6. The number of likely N-dealkylation sites (tertiary alicyclic amines) is 1. The highest BCUT2D eigenvalue weighted by atomic mass is 16.2. The number of aliphatic imine (C=N–C) groups is 1. The van der Waals surface area contributed by atoms with Crippen molar-refractivity contribution in [1.82, 2.24) is 25.3 Å². The van der Waals surface area contributed by atoms with Gasteiger partial charge in [0.15, 0.2) is 5.96 Å². The smallest absolute Gasteiger partial charge is 0.222 e. The first kappa shape index (κ1) is 18.9. The van der Waals surface area contributed by atoms with Crippen molar-refractivity contribution in [2.45, 2.75) is 32.7 Å². The first-order valence-corrected chi connectivity index (χ1v) is 9.65. The zero-order valence-corrected chi connectivity index (χ0v) is 15.9. The van der Waals surface area contributed by atoms with Crippen molar-refractivity contribution in [1.29, 1.82) is 0 Å². The predicted octanol–water partition coefficient (Wildman–Crippen LogP) is 1.94. The van der Waals surface area contributed by atoms with E-state index in [1.807, 2.05) is 34.0 Å². The molecule has 0 spiro atoms. The Kier molecular flexibility index (Phi) is 6.84. The lowest BCUT2D eigenvalue weighted by Gasteiger charge is -2.16. The summed E-state index contributed by atoms with van der Waals surface area (Å²) in [6.45, 7) is 6.00. The van der Waals surface area contributed by atoms with Crippen molar-refractivity contribution in [2.75, 3.05) is 26.2 Å². The van der Waals surface area contributed by atoms with Crippen LogP contribution < -0.4 is 10.6 Å². The largest absolute Gasteiger partial charge is 0.357 e. The SMILES string of the molecule is CCNC(=NCc1ccc(-n2cccn2)cc1)NCCCN1CCCC1=O. The molecule has 0 atom stereocenters. The van der Waals surface area contributed by atoms with E-state index in [2.05, 4.69) is 39.8 Å². The molecule has 7 heteroatoms. The average Bonchev–Trinajstić information content (AvgIpc) is 3.36. The molecule has 3 rings (SSSR count). The maximum atomic E-state index is 11.6. The van der Waals surface area contributed by atoms with Crippen LogP contribution in [0.2, 0.25) is 0 Å². The highest BCUT2D eigenvalue weighted by molar-refractivity contribution is 5.79. The fraction of sp³-hybridized carbons (Fsp3) is 0.450. The molecule has 0 saturated carbocycles. The van der Waals surface area contributed by atoms with Crippen LogP contribution in [-0.2, 0) is 11.3 Å². The van der Waals surface area contributed by atoms with Crippen LogP contribution in [-0.4, -0.2) is 52.7 Å². The van der Waals surface area contributed by atoms with Crippen molar-refractivity contribution in [3.8, 4) is 5.69 Å². The molecule has 1 aromatic heterocycles. The number of nitrogens with one attached hydrogen (secondary N) is 2. The number of guanidine groups is 1. The molecule has 1 fully saturated rings. The summed E-state index contributed by atoms with van der Waals surface area (Å²) < 4.78 is 1.84. The Morgan fingerprint density at radius 3 is 2.78 bits per heavy atom. The minimum absolute atomic E-state index is 0.286. The number of carbonyl (C=O) groups excluding carboxylic acids is 1. The summed E-state index contributed by atoms with van der Waals surface area (Å²) >= 11 is 0. The number of carbonyl (C=O) groups is 1. The van der Waals surface area contributed by atoms with Gasteiger partial charge >= 0.3 is 0 Å². The van der Waals surface area contributed by atoms with Crippen LogP contribution in [0.25, 0.3) is 5.69 Å². The van der Waals surface area contributed by atoms with Gasteiger partial charge in [-0.25, -0.2) is 9.67 Å². The number of hydrogen-bond donors (Lipinski definition) is 2. The molecule has 2 heterocycles. The van der Waals surface area contributed by atoms with Gasteiger partial charge in [0.25, 0.3) is 0 Å². The zero-order valence-electron chi connectivity index (χ0n) is 15.9. The lowest BCUT2D eigenvalue weighted by Crippen LogP contribution is -2.39. The topological polar surface area (TPSA) is 74.6 Å². The van der Waals surface area contributed by atoms with Crippen molar-refractivity contribution in [2.24, 2.45) is 4.99 Å². The summed E-state index contributed by atoms with van der Waals surface area (Å²) in [5, 5.41) is 10.9. The van der Waals surface area contributed by atoms with Crippen LogP contribution in [0, 0.1) is 0 Å². The number of amides is 1. The van der Waals surface area contributed by atoms with Crippen LogP contribution in [0.5, 0.6) is 0 Å². The number of nitrogens with zero attached hydrogens (tertiary/aromatic N) is 4. The first-order chi connectivity index (χ1) is 13.3. The third kappa shape index (κ3) is 5.57. The molecule has 1 aliphatic rings. The maximum absolute atomic E-state index is 11.6. The third-order valence-electron chi connectivity index (χ3n) is 4.54. The van der Waals surface area contributed by atoms with E-state index in [1.54, 1.807) is 6.20 Å². The van der Waals surface area contributed by atoms with Gasteiger partial charge in [0.2, 0.25) is 5.91 Å². The molecule has 27 heavy (non-hydrogen) atoms. The minimum Gasteiger partial charge on any atom is -0.357 e. The van der Waals surface area contributed by atoms with E-state index in [1.165, 1.54) is 0 Å². The Balaban J connectivity index is 1.47. The molecule has 1 aromatic carbocycles. The first-order valence-electron chi connectivity index (χ1n) is 9.65. The fourth-order valence-corrected chi connectivity index (χ4v) is 3.10. The van der Waals surface area contributed by atoms with Crippen LogP contribution in [0.3, 0.4) is 0 Å². The minimum atomic E-state index is 0.286. The molecule has 0 radical (unpaired) electrons. The molecule has 144 valence electrons. The highest BCUT2D eigenvalue weighted by Gasteiger charge is 2.18. The van der Waals surface area contributed by atoms with Gasteiger partial charge in [-0.3, -0.25) is 4.79 Å². The van der Waals surface area contributed by atoms with E-state index in [-0.39, 0.29) is 5.91 Å². The lowest BCUT2D eigenvalue weighted by molar-refractivity contribution is -0.127. The molecule has 1 aliphatic heterocycles. The molecule has 1 amide bonds. The molecule has 1 saturated heterocycles. The van der Waals surface area contributed by atoms with Gasteiger partial charge in [-0.2, -0.15) is 5.10 Å². The second-order valence-electron chi connectivity index (χ2n) is 6.58. The van der Waals surface area contributed by atoms with E-state index in [0.29, 0.717) is 13.0 Å². The Morgan fingerprint density at radius 2 is 2.11 bits per heavy atom. The summed E-state index contributed by atoms with van der Waals surface area (Å²) in [6, 6.07) is 10.1. The van der Waals surface area contributed by atoms with E-state index >= 15 is 0 Å². The van der Waals surface area contributed by atoms with Crippen LogP contribution in [0.15, 0.2) is 47.7 Å². The highest BCUT2D eigenvalue weighted by Crippen LogP contribution is 2.10. The average molecular weight is 368 g/mol. The van der Waals surface area contributed by atoms with Crippen molar-refractivity contribution >= 4 is 11.9 Å².